The molecule has 0 aliphatic heterocycles. The van der Waals surface area contributed by atoms with Crippen LogP contribution in [0.4, 0.5) is 4.79 Å². The van der Waals surface area contributed by atoms with Gasteiger partial charge in [-0.1, -0.05) is 42.5 Å². The first-order chi connectivity index (χ1) is 17.1. The fraction of sp³-hybridized carbons (Fsp3) is 0.444. The second-order valence-corrected chi connectivity index (χ2v) is 9.06. The summed E-state index contributed by atoms with van der Waals surface area (Å²) < 4.78 is 21.0. The van der Waals surface area contributed by atoms with Crippen molar-refractivity contribution in [3.63, 3.8) is 0 Å². The smallest absolute Gasteiger partial charge is 0.408 e. The highest BCUT2D eigenvalue weighted by atomic mass is 16.6. The van der Waals surface area contributed by atoms with Crippen LogP contribution in [0.5, 0.6) is 5.75 Å². The van der Waals surface area contributed by atoms with Crippen molar-refractivity contribution in [3.8, 4) is 5.75 Å². The Morgan fingerprint density at radius 2 is 1.56 bits per heavy atom. The molecule has 0 aromatic heterocycles. The lowest BCUT2D eigenvalue weighted by atomic mass is 10.1. The number of methoxy groups -OCH3 is 1. The molecule has 9 nitrogen and oxygen atoms in total. The Morgan fingerprint density at radius 1 is 0.889 bits per heavy atom. The van der Waals surface area contributed by atoms with Crippen LogP contribution in [-0.2, 0) is 36.8 Å². The molecule has 0 saturated carbocycles. The molecule has 2 aromatic rings. The molecule has 0 aliphatic carbocycles. The Kier molecular flexibility index (Phi) is 11.2. The van der Waals surface area contributed by atoms with Crippen molar-refractivity contribution < 1.29 is 33.3 Å². The number of benzene rings is 2. The monoisotopic (exact) mass is 500 g/mol. The molecule has 0 bridgehead atoms. The third-order valence-corrected chi connectivity index (χ3v) is 4.93. The topological polar surface area (TPSA) is 112 Å². The van der Waals surface area contributed by atoms with E-state index < -0.39 is 35.7 Å². The molecule has 0 heterocycles. The zero-order valence-corrected chi connectivity index (χ0v) is 21.5. The number of carbonyl (C=O) groups is 3. The number of carbonyl (C=O) groups excluding carboxylic acids is 3. The van der Waals surface area contributed by atoms with E-state index in [0.717, 1.165) is 11.1 Å². The maximum absolute atomic E-state index is 12.4. The number of hydrogen-bond donors (Lipinski definition) is 2. The van der Waals surface area contributed by atoms with E-state index in [1.54, 1.807) is 27.7 Å². The minimum absolute atomic E-state index is 0.0594. The summed E-state index contributed by atoms with van der Waals surface area (Å²) in [6, 6.07) is 15.4. The molecule has 0 aliphatic rings. The van der Waals surface area contributed by atoms with Gasteiger partial charge in [-0.25, -0.2) is 9.59 Å². The first-order valence-corrected chi connectivity index (χ1v) is 11.8. The van der Waals surface area contributed by atoms with Gasteiger partial charge < -0.3 is 29.6 Å². The van der Waals surface area contributed by atoms with Crippen molar-refractivity contribution >= 4 is 18.0 Å². The summed E-state index contributed by atoms with van der Waals surface area (Å²) in [5.74, 6) is -0.437. The standard InChI is InChI=1S/C27H36N2O7/c1-6-34-25(31)23(29-26(32)36-27(2,3)4)17-28-22(24(30)33-5)16-19-12-14-21(15-13-19)35-18-20-10-8-7-9-11-20/h7-15,22-23,28H,6,16-18H2,1-5H3,(H,29,32)/t22-,23-/m0/s1. The molecule has 2 atom stereocenters. The largest absolute Gasteiger partial charge is 0.489 e. The van der Waals surface area contributed by atoms with Gasteiger partial charge in [-0.05, 0) is 57.4 Å². The molecule has 2 N–H and O–H groups in total. The molecule has 196 valence electrons. The van der Waals surface area contributed by atoms with E-state index >= 15 is 0 Å². The predicted molar refractivity (Wildman–Crippen MR) is 135 cm³/mol. The molecule has 9 heteroatoms. The SMILES string of the molecule is CCOC(=O)[C@H](CN[C@@H](Cc1ccc(OCc2ccccc2)cc1)C(=O)OC)NC(=O)OC(C)(C)C. The number of nitrogens with one attached hydrogen (secondary N) is 2. The highest BCUT2D eigenvalue weighted by Gasteiger charge is 2.28. The van der Waals surface area contributed by atoms with Crippen molar-refractivity contribution in [1.82, 2.24) is 10.6 Å². The van der Waals surface area contributed by atoms with Crippen LogP contribution in [0.2, 0.25) is 0 Å². The normalized spacial score (nSPS) is 12.7. The van der Waals surface area contributed by atoms with E-state index in [2.05, 4.69) is 10.6 Å². The Hall–Kier alpha value is -3.59. The number of rotatable bonds is 12. The summed E-state index contributed by atoms with van der Waals surface area (Å²) in [5, 5.41) is 5.51. The molecule has 2 rings (SSSR count). The summed E-state index contributed by atoms with van der Waals surface area (Å²) >= 11 is 0. The summed E-state index contributed by atoms with van der Waals surface area (Å²) in [6.07, 6.45) is -0.462. The molecular formula is C27H36N2O7. The van der Waals surface area contributed by atoms with Crippen LogP contribution < -0.4 is 15.4 Å². The fourth-order valence-corrected chi connectivity index (χ4v) is 3.23. The Labute approximate surface area is 212 Å². The second-order valence-electron chi connectivity index (χ2n) is 9.06. The summed E-state index contributed by atoms with van der Waals surface area (Å²) in [4.78, 5) is 37.0. The second kappa shape index (κ2) is 14.1. The van der Waals surface area contributed by atoms with Gasteiger partial charge in [-0.2, -0.15) is 0 Å². The minimum atomic E-state index is -1.05. The lowest BCUT2D eigenvalue weighted by Crippen LogP contribution is -2.52. The summed E-state index contributed by atoms with van der Waals surface area (Å²) in [5.41, 5.74) is 1.19. The third kappa shape index (κ3) is 10.4. The summed E-state index contributed by atoms with van der Waals surface area (Å²) in [7, 11) is 1.29. The van der Waals surface area contributed by atoms with Crippen LogP contribution >= 0.6 is 0 Å². The number of ether oxygens (including phenoxy) is 4. The maximum atomic E-state index is 12.4. The summed E-state index contributed by atoms with van der Waals surface area (Å²) in [6.45, 7) is 7.35. The Bertz CT molecular complexity index is 972. The van der Waals surface area contributed by atoms with E-state index in [0.29, 0.717) is 18.8 Å². The van der Waals surface area contributed by atoms with Crippen LogP contribution in [0.15, 0.2) is 54.6 Å². The van der Waals surface area contributed by atoms with E-state index in [9.17, 15) is 14.4 Å². The van der Waals surface area contributed by atoms with Crippen LogP contribution in [-0.4, -0.2) is 56.0 Å². The van der Waals surface area contributed by atoms with Crippen molar-refractivity contribution in [2.24, 2.45) is 0 Å². The number of esters is 2. The maximum Gasteiger partial charge on any atom is 0.408 e. The average Bonchev–Trinajstić information content (AvgIpc) is 2.84. The van der Waals surface area contributed by atoms with E-state index in [1.165, 1.54) is 7.11 Å². The number of hydrogen-bond acceptors (Lipinski definition) is 8. The van der Waals surface area contributed by atoms with Crippen molar-refractivity contribution in [3.05, 3.63) is 65.7 Å². The first-order valence-electron chi connectivity index (χ1n) is 11.8. The molecule has 1 amide bonds. The zero-order valence-electron chi connectivity index (χ0n) is 21.5. The molecule has 0 unspecified atom stereocenters. The van der Waals surface area contributed by atoms with Crippen LogP contribution in [0.3, 0.4) is 0 Å². The Morgan fingerprint density at radius 3 is 2.14 bits per heavy atom. The van der Waals surface area contributed by atoms with Gasteiger partial charge >= 0.3 is 18.0 Å². The van der Waals surface area contributed by atoms with Crippen molar-refractivity contribution in [2.45, 2.75) is 58.4 Å². The van der Waals surface area contributed by atoms with Gasteiger partial charge in [-0.15, -0.1) is 0 Å². The third-order valence-electron chi connectivity index (χ3n) is 4.93. The lowest BCUT2D eigenvalue weighted by Gasteiger charge is -2.24. The van der Waals surface area contributed by atoms with Gasteiger partial charge in [0.05, 0.1) is 13.7 Å². The predicted octanol–water partition coefficient (Wildman–Crippen LogP) is 3.40. The van der Waals surface area contributed by atoms with E-state index in [1.807, 2.05) is 54.6 Å². The lowest BCUT2D eigenvalue weighted by molar-refractivity contribution is -0.147. The van der Waals surface area contributed by atoms with Crippen LogP contribution in [0.25, 0.3) is 0 Å². The molecule has 36 heavy (non-hydrogen) atoms. The molecule has 0 fully saturated rings. The molecule has 0 spiro atoms. The van der Waals surface area contributed by atoms with Gasteiger partial charge in [0.25, 0.3) is 0 Å². The van der Waals surface area contributed by atoms with E-state index in [-0.39, 0.29) is 13.2 Å². The van der Waals surface area contributed by atoms with E-state index in [4.69, 9.17) is 18.9 Å². The number of amides is 1. The molecule has 2 aromatic carbocycles. The molecular weight excluding hydrogens is 464 g/mol. The zero-order chi connectivity index (χ0) is 26.6. The quantitative estimate of drug-likeness (QED) is 0.337. The molecule has 0 radical (unpaired) electrons. The van der Waals surface area contributed by atoms with Gasteiger partial charge in [0.2, 0.25) is 0 Å². The van der Waals surface area contributed by atoms with Gasteiger partial charge in [0.15, 0.2) is 0 Å². The Balaban J connectivity index is 2.01. The number of alkyl carbamates (subject to hydrolysis) is 1. The van der Waals surface area contributed by atoms with Gasteiger partial charge in [0, 0.05) is 6.54 Å². The van der Waals surface area contributed by atoms with Gasteiger partial charge in [-0.3, -0.25) is 4.79 Å². The van der Waals surface area contributed by atoms with Crippen LogP contribution in [0, 0.1) is 0 Å². The van der Waals surface area contributed by atoms with Crippen LogP contribution in [0.1, 0.15) is 38.8 Å². The van der Waals surface area contributed by atoms with Crippen molar-refractivity contribution in [2.75, 3.05) is 20.3 Å². The fourth-order valence-electron chi connectivity index (χ4n) is 3.23. The molecule has 0 saturated heterocycles. The first kappa shape index (κ1) is 28.6. The average molecular weight is 501 g/mol. The van der Waals surface area contributed by atoms with Gasteiger partial charge in [0.1, 0.15) is 30.0 Å². The van der Waals surface area contributed by atoms with Crippen molar-refractivity contribution in [1.29, 1.82) is 0 Å². The highest BCUT2D eigenvalue weighted by Crippen LogP contribution is 2.16. The minimum Gasteiger partial charge on any atom is -0.489 e. The highest BCUT2D eigenvalue weighted by molar-refractivity contribution is 5.82.